The zero-order valence-electron chi connectivity index (χ0n) is 12.4. The summed E-state index contributed by atoms with van der Waals surface area (Å²) >= 11 is 3.36. The lowest BCUT2D eigenvalue weighted by Gasteiger charge is -2.21. The molecule has 0 aromatic carbocycles. The van der Waals surface area contributed by atoms with E-state index in [1.165, 1.54) is 86.4 Å². The van der Waals surface area contributed by atoms with Gasteiger partial charge in [0.25, 0.3) is 0 Å². The number of rotatable bonds is 7. The van der Waals surface area contributed by atoms with E-state index in [-0.39, 0.29) is 0 Å². The molecule has 20 heavy (non-hydrogen) atoms. The van der Waals surface area contributed by atoms with Gasteiger partial charge in [-0.1, -0.05) is 26.2 Å². The van der Waals surface area contributed by atoms with E-state index in [9.17, 15) is 0 Å². The maximum absolute atomic E-state index is 4.66. The fraction of sp³-hybridized carbons (Fsp3) is 0.867. The summed E-state index contributed by atoms with van der Waals surface area (Å²) in [7, 11) is 0. The number of hydrogen-bond donors (Lipinski definition) is 0. The number of piperidine rings is 1. The Morgan fingerprint density at radius 1 is 1.25 bits per heavy atom. The minimum atomic E-state index is 0.661. The molecule has 0 aliphatic carbocycles. The van der Waals surface area contributed by atoms with Crippen LogP contribution >= 0.6 is 23.5 Å². The molecule has 2 bridgehead atoms. The summed E-state index contributed by atoms with van der Waals surface area (Å²) in [6.45, 7) is 6.08. The second kappa shape index (κ2) is 7.23. The predicted octanol–water partition coefficient (Wildman–Crippen LogP) is 4.02. The van der Waals surface area contributed by atoms with Crippen molar-refractivity contribution >= 4 is 23.5 Å². The summed E-state index contributed by atoms with van der Waals surface area (Å²) in [5, 5.41) is 1.24. The molecule has 1 unspecified atom stereocenters. The normalized spacial score (nSPS) is 28.9. The van der Waals surface area contributed by atoms with Crippen LogP contribution in [0.25, 0.3) is 0 Å². The first-order valence-corrected chi connectivity index (χ1v) is 9.77. The topological polar surface area (TPSA) is 29.0 Å². The maximum Gasteiger partial charge on any atom is 0.134 e. The third kappa shape index (κ3) is 3.37. The van der Waals surface area contributed by atoms with Crippen molar-refractivity contribution in [2.75, 3.05) is 25.4 Å². The fourth-order valence-electron chi connectivity index (χ4n) is 3.53. The number of aromatic nitrogens is 2. The lowest BCUT2D eigenvalue weighted by atomic mass is 9.89. The molecule has 0 N–H and O–H groups in total. The quantitative estimate of drug-likeness (QED) is 0.562. The van der Waals surface area contributed by atoms with Gasteiger partial charge < -0.3 is 4.90 Å². The van der Waals surface area contributed by atoms with Crippen molar-refractivity contribution in [3.05, 3.63) is 5.69 Å². The lowest BCUT2D eigenvalue weighted by Crippen LogP contribution is -2.25. The van der Waals surface area contributed by atoms with Crippen molar-refractivity contribution in [2.24, 2.45) is 5.92 Å². The number of hydrogen-bond acceptors (Lipinski definition) is 5. The van der Waals surface area contributed by atoms with E-state index in [0.29, 0.717) is 5.92 Å². The van der Waals surface area contributed by atoms with Crippen LogP contribution in [0.3, 0.4) is 0 Å². The Morgan fingerprint density at radius 2 is 2.20 bits per heavy atom. The summed E-state index contributed by atoms with van der Waals surface area (Å²) in [5.74, 6) is 2.71. The third-order valence-corrected chi connectivity index (χ3v) is 6.36. The molecule has 2 aliphatic rings. The van der Waals surface area contributed by atoms with E-state index < -0.39 is 0 Å². The summed E-state index contributed by atoms with van der Waals surface area (Å²) in [6.07, 6.45) is 8.11. The van der Waals surface area contributed by atoms with Crippen molar-refractivity contribution in [1.29, 1.82) is 0 Å². The van der Waals surface area contributed by atoms with Gasteiger partial charge in [0.2, 0.25) is 0 Å². The second-order valence-corrected chi connectivity index (χ2v) is 7.74. The molecular formula is C15H25N3S2. The summed E-state index contributed by atoms with van der Waals surface area (Å²) in [4.78, 5) is 2.62. The largest absolute Gasteiger partial charge is 0.302 e. The minimum absolute atomic E-state index is 0.661. The number of nitrogens with zero attached hydrogens (tertiary/aromatic N) is 3. The Bertz CT molecular complexity index is 421. The standard InChI is InChI=1S/C15H25N3S2/c1-2-3-4-5-9-19-15-14(16-20-17-15)13-11-18-8-6-7-12(13)10-18/h12-13H,2-11H2,1H3/t12-,13-/m1/s1. The van der Waals surface area contributed by atoms with E-state index in [1.807, 2.05) is 11.8 Å². The Morgan fingerprint density at radius 3 is 3.05 bits per heavy atom. The van der Waals surface area contributed by atoms with E-state index in [2.05, 4.69) is 20.6 Å². The van der Waals surface area contributed by atoms with Crippen LogP contribution in [0.5, 0.6) is 0 Å². The number of unbranched alkanes of at least 4 members (excludes halogenated alkanes) is 3. The van der Waals surface area contributed by atoms with Crippen LogP contribution < -0.4 is 0 Å². The molecule has 3 heterocycles. The molecule has 5 heteroatoms. The van der Waals surface area contributed by atoms with Crippen LogP contribution in [0.2, 0.25) is 0 Å². The highest BCUT2D eigenvalue weighted by Crippen LogP contribution is 2.41. The Balaban J connectivity index is 1.56. The van der Waals surface area contributed by atoms with Crippen LogP contribution in [0, 0.1) is 5.92 Å². The van der Waals surface area contributed by atoms with Crippen LogP contribution in [0.4, 0.5) is 0 Å². The van der Waals surface area contributed by atoms with Crippen LogP contribution in [-0.2, 0) is 0 Å². The number of thioether (sulfide) groups is 1. The third-order valence-electron chi connectivity index (χ3n) is 4.64. The van der Waals surface area contributed by atoms with E-state index in [0.717, 1.165) is 5.92 Å². The Labute approximate surface area is 130 Å². The van der Waals surface area contributed by atoms with Gasteiger partial charge in [0.15, 0.2) is 0 Å². The first kappa shape index (κ1) is 14.8. The molecule has 1 aromatic heterocycles. The van der Waals surface area contributed by atoms with Gasteiger partial charge in [-0.2, -0.15) is 8.75 Å². The summed E-state index contributed by atoms with van der Waals surface area (Å²) < 4.78 is 9.22. The van der Waals surface area contributed by atoms with Crippen molar-refractivity contribution in [2.45, 2.75) is 56.4 Å². The summed E-state index contributed by atoms with van der Waals surface area (Å²) in [6, 6.07) is 0. The van der Waals surface area contributed by atoms with E-state index in [4.69, 9.17) is 0 Å². The average molecular weight is 312 g/mol. The molecule has 3 atom stereocenters. The molecule has 3 rings (SSSR count). The smallest absolute Gasteiger partial charge is 0.134 e. The molecule has 0 radical (unpaired) electrons. The van der Waals surface area contributed by atoms with Crippen molar-refractivity contribution < 1.29 is 0 Å². The van der Waals surface area contributed by atoms with Gasteiger partial charge >= 0.3 is 0 Å². The Kier molecular flexibility index (Phi) is 5.35. The first-order valence-electron chi connectivity index (χ1n) is 8.06. The Hall–Kier alpha value is -0.130. The zero-order valence-corrected chi connectivity index (χ0v) is 14.0. The van der Waals surface area contributed by atoms with Crippen LogP contribution in [0.1, 0.15) is 57.1 Å². The zero-order chi connectivity index (χ0) is 13.8. The summed E-state index contributed by atoms with van der Waals surface area (Å²) in [5.41, 5.74) is 1.32. The van der Waals surface area contributed by atoms with Crippen LogP contribution in [0.15, 0.2) is 5.03 Å². The molecule has 3 nitrogen and oxygen atoms in total. The molecular weight excluding hydrogens is 286 g/mol. The molecule has 2 fully saturated rings. The van der Waals surface area contributed by atoms with E-state index in [1.54, 1.807) is 0 Å². The molecule has 1 aromatic rings. The lowest BCUT2D eigenvalue weighted by molar-refractivity contribution is 0.269. The van der Waals surface area contributed by atoms with Crippen LogP contribution in [-0.4, -0.2) is 39.0 Å². The van der Waals surface area contributed by atoms with Gasteiger partial charge in [0.05, 0.1) is 17.4 Å². The van der Waals surface area contributed by atoms with Gasteiger partial charge in [-0.25, -0.2) is 0 Å². The maximum atomic E-state index is 4.66. The van der Waals surface area contributed by atoms with Gasteiger partial charge in [-0.15, -0.1) is 11.8 Å². The van der Waals surface area contributed by atoms with Gasteiger partial charge in [-0.3, -0.25) is 0 Å². The SMILES string of the molecule is CCCCCCSc1nsnc1[C@@H]1CN2CCC[C@@H]1C2. The molecule has 0 saturated carbocycles. The average Bonchev–Trinajstić information content (AvgIpc) is 3.03. The monoisotopic (exact) mass is 311 g/mol. The van der Waals surface area contributed by atoms with E-state index >= 15 is 0 Å². The molecule has 112 valence electrons. The van der Waals surface area contributed by atoms with Crippen molar-refractivity contribution in [1.82, 2.24) is 13.6 Å². The highest BCUT2D eigenvalue weighted by Gasteiger charge is 2.38. The fourth-order valence-corrected chi connectivity index (χ4v) is 5.31. The second-order valence-electron chi connectivity index (χ2n) is 6.13. The minimum Gasteiger partial charge on any atom is -0.302 e. The van der Waals surface area contributed by atoms with Gasteiger partial charge in [0, 0.05) is 19.0 Å². The van der Waals surface area contributed by atoms with Gasteiger partial charge in [-0.05, 0) is 37.5 Å². The van der Waals surface area contributed by atoms with Gasteiger partial charge in [0.1, 0.15) is 5.03 Å². The molecule has 0 spiro atoms. The molecule has 2 aliphatic heterocycles. The highest BCUT2D eigenvalue weighted by molar-refractivity contribution is 7.99. The van der Waals surface area contributed by atoms with Crippen molar-refractivity contribution in [3.63, 3.8) is 0 Å². The highest BCUT2D eigenvalue weighted by atomic mass is 32.2. The predicted molar refractivity (Wildman–Crippen MR) is 86.7 cm³/mol. The molecule has 0 amide bonds. The van der Waals surface area contributed by atoms with Crippen molar-refractivity contribution in [3.8, 4) is 0 Å². The first-order chi connectivity index (χ1) is 9.88. The molecule has 2 saturated heterocycles. The number of fused-ring (bicyclic) bond motifs is 2.